The van der Waals surface area contributed by atoms with Gasteiger partial charge in [-0.2, -0.15) is 13.2 Å². The van der Waals surface area contributed by atoms with E-state index < -0.39 is 18.6 Å². The van der Waals surface area contributed by atoms with E-state index in [1.165, 1.54) is 4.90 Å². The average Bonchev–Trinajstić information content (AvgIpc) is 2.94. The molecule has 0 bridgehead atoms. The minimum Gasteiger partial charge on any atom is -0.490 e. The third-order valence-electron chi connectivity index (χ3n) is 5.78. The number of nitrogens with zero attached hydrogens (tertiary/aromatic N) is 2. The minimum absolute atomic E-state index is 0.0135. The zero-order chi connectivity index (χ0) is 29.8. The van der Waals surface area contributed by atoms with Gasteiger partial charge in [0.1, 0.15) is 18.9 Å². The summed E-state index contributed by atoms with van der Waals surface area (Å²) in [4.78, 5) is 40.6. The smallest absolute Gasteiger partial charge is 0.405 e. The van der Waals surface area contributed by atoms with Crippen molar-refractivity contribution in [3.05, 3.63) is 71.9 Å². The van der Waals surface area contributed by atoms with Crippen molar-refractivity contribution < 1.29 is 32.3 Å². The summed E-state index contributed by atoms with van der Waals surface area (Å²) in [6.07, 6.45) is 1.24. The Labute approximate surface area is 240 Å². The van der Waals surface area contributed by atoms with Crippen molar-refractivity contribution in [1.29, 1.82) is 0 Å². The molecule has 1 aliphatic heterocycles. The molecule has 2 aromatic carbocycles. The lowest BCUT2D eigenvalue weighted by Gasteiger charge is -2.30. The number of benzene rings is 2. The molecular formula is C28H32F3N5O4S. The van der Waals surface area contributed by atoms with Crippen LogP contribution in [0.4, 0.5) is 30.2 Å². The molecule has 0 aliphatic carbocycles. The zero-order valence-electron chi connectivity index (χ0n) is 22.7. The topological polar surface area (TPSA) is 103 Å². The van der Waals surface area contributed by atoms with Crippen molar-refractivity contribution in [3.8, 4) is 5.75 Å². The summed E-state index contributed by atoms with van der Waals surface area (Å²) < 4.78 is 42.7. The van der Waals surface area contributed by atoms with Gasteiger partial charge in [0.15, 0.2) is 0 Å². The van der Waals surface area contributed by atoms with Crippen molar-refractivity contribution in [1.82, 2.24) is 10.2 Å². The predicted octanol–water partition coefficient (Wildman–Crippen LogP) is 4.57. The summed E-state index contributed by atoms with van der Waals surface area (Å²) in [5.74, 6) is -0.695. The van der Waals surface area contributed by atoms with E-state index in [9.17, 15) is 27.6 Å². The quantitative estimate of drug-likeness (QED) is 0.311. The first-order chi connectivity index (χ1) is 19.6. The molecule has 1 aliphatic rings. The first kappa shape index (κ1) is 31.4. The van der Waals surface area contributed by atoms with Gasteiger partial charge in [-0.3, -0.25) is 14.4 Å². The Bertz CT molecular complexity index is 1290. The number of para-hydroxylation sites is 2. The van der Waals surface area contributed by atoms with Gasteiger partial charge in [0.05, 0.1) is 23.8 Å². The average molecular weight is 592 g/mol. The maximum Gasteiger partial charge on any atom is 0.405 e. The van der Waals surface area contributed by atoms with Gasteiger partial charge >= 0.3 is 6.18 Å². The van der Waals surface area contributed by atoms with Gasteiger partial charge < -0.3 is 30.5 Å². The highest BCUT2D eigenvalue weighted by Crippen LogP contribution is 2.30. The maximum atomic E-state index is 12.7. The second kappa shape index (κ2) is 15.0. The minimum atomic E-state index is -4.53. The van der Waals surface area contributed by atoms with E-state index in [4.69, 9.17) is 4.74 Å². The van der Waals surface area contributed by atoms with E-state index >= 15 is 0 Å². The molecule has 13 heteroatoms. The normalized spacial score (nSPS) is 13.3. The van der Waals surface area contributed by atoms with Crippen LogP contribution in [-0.4, -0.2) is 67.8 Å². The number of thioether (sulfide) groups is 1. The molecule has 0 radical (unpaired) electrons. The fourth-order valence-electron chi connectivity index (χ4n) is 3.93. The SMILES string of the molecule is CCN(C(=O)C/C=C\Nc1cccc(NC(=O)CN2CCOc3ccccc32)c1)/C(=C/C(=O)NCC(F)(F)F)SC. The van der Waals surface area contributed by atoms with Gasteiger partial charge in [0.2, 0.25) is 17.7 Å². The molecule has 0 saturated heterocycles. The molecule has 9 nitrogen and oxygen atoms in total. The summed E-state index contributed by atoms with van der Waals surface area (Å²) in [5, 5.41) is 7.95. The van der Waals surface area contributed by atoms with E-state index in [1.807, 2.05) is 29.2 Å². The van der Waals surface area contributed by atoms with Crippen LogP contribution in [0.15, 0.2) is 71.9 Å². The molecule has 0 fully saturated rings. The monoisotopic (exact) mass is 591 g/mol. The van der Waals surface area contributed by atoms with Gasteiger partial charge in [-0.15, -0.1) is 11.8 Å². The van der Waals surface area contributed by atoms with Crippen molar-refractivity contribution in [3.63, 3.8) is 0 Å². The molecule has 0 unspecified atom stereocenters. The number of alkyl halides is 3. The number of carbonyl (C=O) groups is 3. The summed E-state index contributed by atoms with van der Waals surface area (Å²) in [6.45, 7) is 1.76. The maximum absolute atomic E-state index is 12.7. The molecule has 0 spiro atoms. The summed E-state index contributed by atoms with van der Waals surface area (Å²) in [5.41, 5.74) is 2.15. The Morgan fingerprint density at radius 1 is 1.12 bits per heavy atom. The number of anilines is 3. The molecular weight excluding hydrogens is 559 g/mol. The van der Waals surface area contributed by atoms with Crippen LogP contribution in [-0.2, 0) is 14.4 Å². The molecule has 0 aromatic heterocycles. The zero-order valence-corrected chi connectivity index (χ0v) is 23.5. The van der Waals surface area contributed by atoms with E-state index in [1.54, 1.807) is 55.0 Å². The van der Waals surface area contributed by atoms with Crippen molar-refractivity contribution in [2.75, 3.05) is 54.6 Å². The molecule has 3 amide bonds. The number of amides is 3. The molecule has 3 N–H and O–H groups in total. The standard InChI is InChI=1S/C28H32F3N5O4S/c1-3-36(27(41-2)17-24(37)33-19-28(29,30)31)26(39)12-7-13-32-20-8-6-9-21(16-20)34-25(38)18-35-14-15-40-23-11-5-4-10-22(23)35/h4-11,13,16-17,32H,3,12,14-15,18-19H2,1-2H3,(H,33,37)(H,34,38)/b13-7-,27-17-. The first-order valence-corrected chi connectivity index (χ1v) is 14.0. The lowest BCUT2D eigenvalue weighted by atomic mass is 10.2. The van der Waals surface area contributed by atoms with Gasteiger partial charge in [-0.1, -0.05) is 24.3 Å². The van der Waals surface area contributed by atoms with Gasteiger partial charge in [0.25, 0.3) is 0 Å². The molecule has 0 saturated carbocycles. The van der Waals surface area contributed by atoms with E-state index in [-0.39, 0.29) is 36.4 Å². The Kier molecular flexibility index (Phi) is 11.5. The number of carbonyl (C=O) groups excluding carboxylic acids is 3. The Hall–Kier alpha value is -4.13. The van der Waals surface area contributed by atoms with E-state index in [0.29, 0.717) is 24.5 Å². The molecule has 3 rings (SSSR count). The van der Waals surface area contributed by atoms with E-state index in [2.05, 4.69) is 10.6 Å². The molecule has 220 valence electrons. The lowest BCUT2D eigenvalue weighted by Crippen LogP contribution is -2.38. The van der Waals surface area contributed by atoms with Crippen molar-refractivity contribution in [2.24, 2.45) is 0 Å². The Morgan fingerprint density at radius 2 is 1.88 bits per heavy atom. The number of ether oxygens (including phenoxy) is 1. The van der Waals surface area contributed by atoms with Gasteiger partial charge in [-0.25, -0.2) is 0 Å². The van der Waals surface area contributed by atoms with Crippen LogP contribution in [0, 0.1) is 0 Å². The predicted molar refractivity (Wildman–Crippen MR) is 155 cm³/mol. The van der Waals surface area contributed by atoms with Crippen LogP contribution in [0.5, 0.6) is 5.75 Å². The Balaban J connectivity index is 1.51. The summed E-state index contributed by atoms with van der Waals surface area (Å²) in [6, 6.07) is 14.7. The second-order valence-corrected chi connectivity index (χ2v) is 9.60. The van der Waals surface area contributed by atoms with E-state index in [0.717, 1.165) is 29.3 Å². The third kappa shape index (κ3) is 10.1. The number of nitrogens with one attached hydrogen (secondary N) is 3. The number of hydrogen-bond donors (Lipinski definition) is 3. The van der Waals surface area contributed by atoms with Crippen LogP contribution >= 0.6 is 11.8 Å². The van der Waals surface area contributed by atoms with Crippen molar-refractivity contribution in [2.45, 2.75) is 19.5 Å². The molecule has 0 atom stereocenters. The first-order valence-electron chi connectivity index (χ1n) is 12.8. The van der Waals surface area contributed by atoms with Gasteiger partial charge in [-0.05, 0) is 49.7 Å². The number of halogens is 3. The molecule has 2 aromatic rings. The highest BCUT2D eigenvalue weighted by molar-refractivity contribution is 8.02. The number of fused-ring (bicyclic) bond motifs is 1. The van der Waals surface area contributed by atoms with Crippen LogP contribution in [0.25, 0.3) is 0 Å². The van der Waals surface area contributed by atoms with Crippen LogP contribution < -0.4 is 25.6 Å². The number of hydrogen-bond acceptors (Lipinski definition) is 7. The molecule has 1 heterocycles. The highest BCUT2D eigenvalue weighted by Gasteiger charge is 2.27. The van der Waals surface area contributed by atoms with Crippen LogP contribution in [0.3, 0.4) is 0 Å². The summed E-state index contributed by atoms with van der Waals surface area (Å²) >= 11 is 1.08. The highest BCUT2D eigenvalue weighted by atomic mass is 32.2. The van der Waals surface area contributed by atoms with Crippen molar-refractivity contribution >= 4 is 46.5 Å². The lowest BCUT2D eigenvalue weighted by molar-refractivity contribution is -0.135. The third-order valence-corrected chi connectivity index (χ3v) is 6.53. The largest absolute Gasteiger partial charge is 0.490 e. The fourth-order valence-corrected chi connectivity index (χ4v) is 4.61. The second-order valence-electron chi connectivity index (χ2n) is 8.78. The van der Waals surface area contributed by atoms with Crippen LogP contribution in [0.1, 0.15) is 13.3 Å². The molecule has 41 heavy (non-hydrogen) atoms. The fraction of sp³-hybridized carbons (Fsp3) is 0.321. The number of rotatable bonds is 12. The summed E-state index contributed by atoms with van der Waals surface area (Å²) in [7, 11) is 0. The van der Waals surface area contributed by atoms with Crippen LogP contribution in [0.2, 0.25) is 0 Å². The Morgan fingerprint density at radius 3 is 2.61 bits per heavy atom. The van der Waals surface area contributed by atoms with Gasteiger partial charge in [0, 0.05) is 30.4 Å².